The van der Waals surface area contributed by atoms with Crippen LogP contribution in [0.25, 0.3) is 0 Å². The first-order valence-electron chi connectivity index (χ1n) is 6.80. The molecule has 0 saturated carbocycles. The maximum absolute atomic E-state index is 10.8. The Balaban J connectivity index is 1.75. The summed E-state index contributed by atoms with van der Waals surface area (Å²) in [5.41, 5.74) is 2.29. The summed E-state index contributed by atoms with van der Waals surface area (Å²) in [5.74, 6) is -0.979. The molecule has 0 bridgehead atoms. The number of carboxylic acids is 1. The van der Waals surface area contributed by atoms with Crippen molar-refractivity contribution in [3.63, 3.8) is 0 Å². The van der Waals surface area contributed by atoms with Crippen molar-refractivity contribution >= 4 is 17.6 Å². The maximum Gasteiger partial charge on any atom is 0.335 e. The van der Waals surface area contributed by atoms with Crippen molar-refractivity contribution in [3.05, 3.63) is 70.2 Å². The third kappa shape index (κ3) is 4.88. The number of benzene rings is 2. The quantitative estimate of drug-likeness (QED) is 0.780. The molecule has 2 aromatic carbocycles. The molecule has 2 aromatic rings. The highest BCUT2D eigenvalue weighted by Crippen LogP contribution is 2.19. The topological polar surface area (TPSA) is 46.5 Å². The lowest BCUT2D eigenvalue weighted by Gasteiger charge is -2.07. The first-order valence-corrected chi connectivity index (χ1v) is 7.18. The molecule has 0 heterocycles. The average Bonchev–Trinajstić information content (AvgIpc) is 2.49. The third-order valence-electron chi connectivity index (χ3n) is 3.15. The molecule has 110 valence electrons. The smallest absolute Gasteiger partial charge is 0.335 e. The van der Waals surface area contributed by atoms with E-state index in [0.717, 1.165) is 18.4 Å². The fourth-order valence-corrected chi connectivity index (χ4v) is 2.24. The highest BCUT2D eigenvalue weighted by Gasteiger charge is 2.07. The van der Waals surface area contributed by atoms with Crippen molar-refractivity contribution < 1.29 is 14.6 Å². The standard InChI is InChI=1S/C17H17ClO3/c18-16-11-14(17(19)20)8-9-15(16)12-21-10-4-7-13-5-2-1-3-6-13/h1-3,5-6,8-9,11H,4,7,10,12H2,(H,19,20). The fraction of sp³-hybridized carbons (Fsp3) is 0.235. The molecule has 0 radical (unpaired) electrons. The maximum atomic E-state index is 10.8. The predicted molar refractivity (Wildman–Crippen MR) is 82.8 cm³/mol. The van der Waals surface area contributed by atoms with Crippen LogP contribution in [-0.4, -0.2) is 17.7 Å². The molecule has 2 rings (SSSR count). The van der Waals surface area contributed by atoms with Crippen molar-refractivity contribution in [2.45, 2.75) is 19.4 Å². The van der Waals surface area contributed by atoms with Gasteiger partial charge in [0.15, 0.2) is 0 Å². The Morgan fingerprint density at radius 2 is 1.90 bits per heavy atom. The lowest BCUT2D eigenvalue weighted by atomic mass is 10.1. The molecule has 0 atom stereocenters. The molecule has 0 saturated heterocycles. The van der Waals surface area contributed by atoms with Gasteiger partial charge in [0.1, 0.15) is 0 Å². The van der Waals surface area contributed by atoms with Gasteiger partial charge in [0.05, 0.1) is 12.2 Å². The van der Waals surface area contributed by atoms with Crippen LogP contribution < -0.4 is 0 Å². The molecule has 0 unspecified atom stereocenters. The third-order valence-corrected chi connectivity index (χ3v) is 3.51. The largest absolute Gasteiger partial charge is 0.478 e. The number of hydrogen-bond donors (Lipinski definition) is 1. The van der Waals surface area contributed by atoms with E-state index >= 15 is 0 Å². The van der Waals surface area contributed by atoms with E-state index in [-0.39, 0.29) is 5.56 Å². The van der Waals surface area contributed by atoms with E-state index in [2.05, 4.69) is 12.1 Å². The number of rotatable bonds is 7. The molecule has 0 aliphatic heterocycles. The minimum Gasteiger partial charge on any atom is -0.478 e. The summed E-state index contributed by atoms with van der Waals surface area (Å²) in [6, 6.07) is 14.9. The van der Waals surface area contributed by atoms with Crippen LogP contribution in [0, 0.1) is 0 Å². The highest BCUT2D eigenvalue weighted by atomic mass is 35.5. The molecule has 4 heteroatoms. The molecular formula is C17H17ClO3. The molecular weight excluding hydrogens is 288 g/mol. The van der Waals surface area contributed by atoms with Gasteiger partial charge in [0.25, 0.3) is 0 Å². The van der Waals surface area contributed by atoms with Gasteiger partial charge in [-0.1, -0.05) is 48.0 Å². The summed E-state index contributed by atoms with van der Waals surface area (Å²) < 4.78 is 5.59. The van der Waals surface area contributed by atoms with Crippen molar-refractivity contribution in [2.75, 3.05) is 6.61 Å². The van der Waals surface area contributed by atoms with Crippen LogP contribution in [0.4, 0.5) is 0 Å². The SMILES string of the molecule is O=C(O)c1ccc(COCCCc2ccccc2)c(Cl)c1. The van der Waals surface area contributed by atoms with Gasteiger partial charge in [0, 0.05) is 11.6 Å². The summed E-state index contributed by atoms with van der Waals surface area (Å²) in [6.07, 6.45) is 1.92. The Hall–Kier alpha value is -1.84. The van der Waals surface area contributed by atoms with Crippen LogP contribution in [-0.2, 0) is 17.8 Å². The average molecular weight is 305 g/mol. The number of hydrogen-bond acceptors (Lipinski definition) is 2. The van der Waals surface area contributed by atoms with Crippen molar-refractivity contribution in [1.82, 2.24) is 0 Å². The molecule has 0 amide bonds. The minimum atomic E-state index is -0.979. The predicted octanol–water partition coefficient (Wildman–Crippen LogP) is 4.19. The highest BCUT2D eigenvalue weighted by molar-refractivity contribution is 6.31. The first-order chi connectivity index (χ1) is 10.2. The molecule has 21 heavy (non-hydrogen) atoms. The Kier molecular flexibility index (Phi) is 5.78. The fourth-order valence-electron chi connectivity index (χ4n) is 2.00. The van der Waals surface area contributed by atoms with Crippen LogP contribution in [0.15, 0.2) is 48.5 Å². The van der Waals surface area contributed by atoms with Crippen LogP contribution >= 0.6 is 11.6 Å². The zero-order valence-corrected chi connectivity index (χ0v) is 12.3. The van der Waals surface area contributed by atoms with E-state index in [0.29, 0.717) is 18.2 Å². The van der Waals surface area contributed by atoms with Gasteiger partial charge < -0.3 is 9.84 Å². The molecule has 0 aromatic heterocycles. The summed E-state index contributed by atoms with van der Waals surface area (Å²) in [6.45, 7) is 1.04. The van der Waals surface area contributed by atoms with E-state index < -0.39 is 5.97 Å². The lowest BCUT2D eigenvalue weighted by Crippen LogP contribution is -2.00. The Morgan fingerprint density at radius 1 is 1.14 bits per heavy atom. The summed E-state index contributed by atoms with van der Waals surface area (Å²) in [4.78, 5) is 10.8. The van der Waals surface area contributed by atoms with Gasteiger partial charge in [-0.3, -0.25) is 0 Å². The van der Waals surface area contributed by atoms with Gasteiger partial charge in [-0.25, -0.2) is 4.79 Å². The minimum absolute atomic E-state index is 0.188. The second-order valence-corrected chi connectivity index (χ2v) is 5.16. The van der Waals surface area contributed by atoms with E-state index in [9.17, 15) is 4.79 Å². The molecule has 0 spiro atoms. The summed E-state index contributed by atoms with van der Waals surface area (Å²) >= 11 is 6.04. The molecule has 0 aliphatic rings. The Morgan fingerprint density at radius 3 is 2.57 bits per heavy atom. The van der Waals surface area contributed by atoms with Gasteiger partial charge in [-0.15, -0.1) is 0 Å². The van der Waals surface area contributed by atoms with Crippen molar-refractivity contribution in [2.24, 2.45) is 0 Å². The van der Waals surface area contributed by atoms with Crippen molar-refractivity contribution in [3.8, 4) is 0 Å². The van der Waals surface area contributed by atoms with Crippen LogP contribution in [0.2, 0.25) is 5.02 Å². The molecule has 1 N–H and O–H groups in total. The van der Waals surface area contributed by atoms with Gasteiger partial charge >= 0.3 is 5.97 Å². The normalized spacial score (nSPS) is 10.5. The second kappa shape index (κ2) is 7.81. The number of aromatic carboxylic acids is 1. The van der Waals surface area contributed by atoms with Gasteiger partial charge in [-0.05, 0) is 36.1 Å². The number of ether oxygens (including phenoxy) is 1. The number of carboxylic acid groups (broad SMARTS) is 1. The van der Waals surface area contributed by atoms with Crippen LogP contribution in [0.1, 0.15) is 27.9 Å². The molecule has 0 aliphatic carbocycles. The Labute approximate surface area is 129 Å². The molecule has 0 fully saturated rings. The number of halogens is 1. The van der Waals surface area contributed by atoms with Crippen LogP contribution in [0.3, 0.4) is 0 Å². The summed E-state index contributed by atoms with van der Waals surface area (Å²) in [7, 11) is 0. The van der Waals surface area contributed by atoms with E-state index in [4.69, 9.17) is 21.4 Å². The van der Waals surface area contributed by atoms with Crippen LogP contribution in [0.5, 0.6) is 0 Å². The van der Waals surface area contributed by atoms with E-state index in [1.165, 1.54) is 17.7 Å². The van der Waals surface area contributed by atoms with E-state index in [1.54, 1.807) is 6.07 Å². The summed E-state index contributed by atoms with van der Waals surface area (Å²) in [5, 5.41) is 9.29. The van der Waals surface area contributed by atoms with Crippen molar-refractivity contribution in [1.29, 1.82) is 0 Å². The van der Waals surface area contributed by atoms with Gasteiger partial charge in [-0.2, -0.15) is 0 Å². The van der Waals surface area contributed by atoms with E-state index in [1.807, 2.05) is 18.2 Å². The molecule has 3 nitrogen and oxygen atoms in total. The lowest BCUT2D eigenvalue weighted by molar-refractivity contribution is 0.0696. The van der Waals surface area contributed by atoms with Gasteiger partial charge in [0.2, 0.25) is 0 Å². The zero-order valence-electron chi connectivity index (χ0n) is 11.6. The monoisotopic (exact) mass is 304 g/mol. The second-order valence-electron chi connectivity index (χ2n) is 4.75. The number of aryl methyl sites for hydroxylation is 1. The Bertz CT molecular complexity index is 596. The number of carbonyl (C=O) groups is 1. The zero-order chi connectivity index (χ0) is 15.1. The first kappa shape index (κ1) is 15.5.